The van der Waals surface area contributed by atoms with Gasteiger partial charge in [0.1, 0.15) is 5.69 Å². The van der Waals surface area contributed by atoms with E-state index in [1.807, 2.05) is 121 Å². The second-order valence-corrected chi connectivity index (χ2v) is 18.9. The first kappa shape index (κ1) is 40.4. The summed E-state index contributed by atoms with van der Waals surface area (Å²) in [7, 11) is -3.23. The van der Waals surface area contributed by atoms with E-state index >= 15 is 0 Å². The van der Waals surface area contributed by atoms with E-state index in [1.165, 1.54) is 12.1 Å². The van der Waals surface area contributed by atoms with E-state index < -0.39 is 31.7 Å². The van der Waals surface area contributed by atoms with Crippen molar-refractivity contribution < 1.29 is 26.3 Å². The van der Waals surface area contributed by atoms with Crippen LogP contribution >= 0.6 is 0 Å². The van der Waals surface area contributed by atoms with Gasteiger partial charge in [0.05, 0.1) is 16.9 Å². The van der Waals surface area contributed by atoms with Gasteiger partial charge in [-0.1, -0.05) is 164 Å². The molecule has 0 atom stereocenters. The van der Waals surface area contributed by atoms with Gasteiger partial charge in [-0.3, -0.25) is 0 Å². The van der Waals surface area contributed by atoms with Crippen LogP contribution in [0.5, 0.6) is 0 Å². The second-order valence-electron chi connectivity index (χ2n) is 15.2. The Labute approximate surface area is 365 Å². The predicted molar refractivity (Wildman–Crippen MR) is 241 cm³/mol. The SMILES string of the molecule is FC(F)(F)c1ccc(-c2nc(C(F)(F)F)ccc2-c2nc(-c3ccccc3)nc(-c3ccccc3)n2)c(N2c3ccccc3[Si](c3ccccc3)(c3ccccc3)c3ccccc32)c1. The summed E-state index contributed by atoms with van der Waals surface area (Å²) in [4.78, 5) is 20.3. The molecule has 0 unspecified atom stereocenters. The van der Waals surface area contributed by atoms with Gasteiger partial charge in [0, 0.05) is 33.6 Å². The number of para-hydroxylation sites is 2. The molecule has 0 N–H and O–H groups in total. The van der Waals surface area contributed by atoms with Gasteiger partial charge in [0.25, 0.3) is 0 Å². The number of anilines is 3. The highest BCUT2D eigenvalue weighted by Gasteiger charge is 2.49. The Morgan fingerprint density at radius 3 is 1.30 bits per heavy atom. The van der Waals surface area contributed by atoms with E-state index in [1.54, 1.807) is 29.2 Å². The van der Waals surface area contributed by atoms with Crippen molar-refractivity contribution >= 4 is 45.9 Å². The molecule has 2 aromatic heterocycles. The van der Waals surface area contributed by atoms with Gasteiger partial charge >= 0.3 is 12.4 Å². The van der Waals surface area contributed by atoms with Crippen molar-refractivity contribution in [2.75, 3.05) is 4.90 Å². The Balaban J connectivity index is 1.29. The minimum absolute atomic E-state index is 0.00442. The standard InChI is InChI=1S/C52H33F6N5Si/c53-51(54,55)36-29-30-39(47-40(31-32-46(59-47)52(56,57)58)50-61-48(34-17-5-1-6-18-34)60-49(62-50)35-19-7-2-8-20-35)43(33-36)63-41-25-13-15-27-44(41)64(37-21-9-3-10-22-37,38-23-11-4-12-24-38)45-28-16-14-26-42(45)63/h1-33H. The molecule has 0 saturated carbocycles. The number of nitrogens with zero attached hydrogens (tertiary/aromatic N) is 5. The van der Waals surface area contributed by atoms with E-state index in [9.17, 15) is 26.3 Å². The molecule has 9 aromatic rings. The van der Waals surface area contributed by atoms with Gasteiger partial charge in [-0.15, -0.1) is 0 Å². The highest BCUT2D eigenvalue weighted by atomic mass is 28.3. The summed E-state index contributed by atoms with van der Waals surface area (Å²) < 4.78 is 89.4. The molecular formula is C52H33F6N5Si. The van der Waals surface area contributed by atoms with Gasteiger partial charge in [0.15, 0.2) is 25.5 Å². The molecule has 3 heterocycles. The molecule has 0 aliphatic carbocycles. The lowest BCUT2D eigenvalue weighted by Gasteiger charge is -2.45. The molecule has 5 nitrogen and oxygen atoms in total. The lowest BCUT2D eigenvalue weighted by molar-refractivity contribution is -0.141. The van der Waals surface area contributed by atoms with Crippen molar-refractivity contribution in [3.8, 4) is 45.4 Å². The first-order valence-electron chi connectivity index (χ1n) is 20.3. The van der Waals surface area contributed by atoms with Crippen molar-refractivity contribution in [2.24, 2.45) is 0 Å². The van der Waals surface area contributed by atoms with Crippen LogP contribution in [0, 0.1) is 0 Å². The van der Waals surface area contributed by atoms with E-state index in [2.05, 4.69) is 29.2 Å². The zero-order chi connectivity index (χ0) is 44.1. The fourth-order valence-electron chi connectivity index (χ4n) is 8.70. The summed E-state index contributed by atoms with van der Waals surface area (Å²) in [6, 6.07) is 58.5. The predicted octanol–water partition coefficient (Wildman–Crippen LogP) is 11.1. The monoisotopic (exact) mass is 869 g/mol. The molecule has 64 heavy (non-hydrogen) atoms. The maximum absolute atomic E-state index is 15.0. The molecule has 7 aromatic carbocycles. The normalized spacial score (nSPS) is 13.2. The Bertz CT molecular complexity index is 3000. The summed E-state index contributed by atoms with van der Waals surface area (Å²) in [5.74, 6) is 0.462. The molecule has 0 spiro atoms. The van der Waals surface area contributed by atoms with Crippen LogP contribution in [0.4, 0.5) is 43.4 Å². The smallest absolute Gasteiger partial charge is 0.310 e. The van der Waals surface area contributed by atoms with Gasteiger partial charge in [-0.2, -0.15) is 26.3 Å². The maximum Gasteiger partial charge on any atom is 0.433 e. The van der Waals surface area contributed by atoms with Crippen LogP contribution in [-0.4, -0.2) is 28.0 Å². The van der Waals surface area contributed by atoms with E-state index in [4.69, 9.17) is 15.0 Å². The van der Waals surface area contributed by atoms with E-state index in [0.717, 1.165) is 38.9 Å². The minimum Gasteiger partial charge on any atom is -0.310 e. The highest BCUT2D eigenvalue weighted by molar-refractivity contribution is 7.21. The van der Waals surface area contributed by atoms with Gasteiger partial charge in [-0.05, 0) is 57.1 Å². The van der Waals surface area contributed by atoms with Crippen molar-refractivity contribution in [2.45, 2.75) is 12.4 Å². The van der Waals surface area contributed by atoms with Crippen LogP contribution < -0.4 is 25.6 Å². The molecule has 10 rings (SSSR count). The average Bonchev–Trinajstić information content (AvgIpc) is 3.33. The van der Waals surface area contributed by atoms with Gasteiger partial charge < -0.3 is 4.90 Å². The number of benzene rings is 7. The quantitative estimate of drug-likeness (QED) is 0.118. The average molecular weight is 870 g/mol. The van der Waals surface area contributed by atoms with Crippen LogP contribution in [0.25, 0.3) is 45.4 Å². The first-order chi connectivity index (χ1) is 31.0. The number of hydrogen-bond acceptors (Lipinski definition) is 5. The zero-order valence-corrected chi connectivity index (χ0v) is 34.6. The molecule has 0 bridgehead atoms. The molecule has 0 fully saturated rings. The second kappa shape index (κ2) is 15.9. The number of hydrogen-bond donors (Lipinski definition) is 0. The van der Waals surface area contributed by atoms with Crippen molar-refractivity contribution in [3.63, 3.8) is 0 Å². The molecule has 12 heteroatoms. The third-order valence-electron chi connectivity index (χ3n) is 11.5. The van der Waals surface area contributed by atoms with Crippen molar-refractivity contribution in [1.82, 2.24) is 19.9 Å². The summed E-state index contributed by atoms with van der Waals surface area (Å²) in [6.45, 7) is 0. The minimum atomic E-state index is -4.91. The van der Waals surface area contributed by atoms with Crippen LogP contribution in [0.1, 0.15) is 11.3 Å². The number of pyridine rings is 1. The number of halogens is 6. The third kappa shape index (κ3) is 7.01. The summed E-state index contributed by atoms with van der Waals surface area (Å²) in [6.07, 6.45) is -9.73. The summed E-state index contributed by atoms with van der Waals surface area (Å²) >= 11 is 0. The highest BCUT2D eigenvalue weighted by Crippen LogP contribution is 2.47. The number of alkyl halides is 6. The maximum atomic E-state index is 15.0. The molecule has 0 radical (unpaired) electrons. The molecule has 0 amide bonds. The van der Waals surface area contributed by atoms with E-state index in [-0.39, 0.29) is 40.0 Å². The lowest BCUT2D eigenvalue weighted by Crippen LogP contribution is -2.77. The Kier molecular flexibility index (Phi) is 10.0. The third-order valence-corrected chi connectivity index (χ3v) is 16.3. The molecule has 1 aliphatic rings. The fourth-order valence-corrected chi connectivity index (χ4v) is 13.8. The number of rotatable bonds is 7. The fraction of sp³-hybridized carbons (Fsp3) is 0.0385. The Morgan fingerprint density at radius 2 is 0.812 bits per heavy atom. The van der Waals surface area contributed by atoms with Gasteiger partial charge in [-0.25, -0.2) is 19.9 Å². The molecular weight excluding hydrogens is 837 g/mol. The van der Waals surface area contributed by atoms with Crippen LogP contribution in [0.3, 0.4) is 0 Å². The van der Waals surface area contributed by atoms with Crippen LogP contribution in [0.2, 0.25) is 0 Å². The molecule has 1 aliphatic heterocycles. The van der Waals surface area contributed by atoms with Crippen molar-refractivity contribution in [3.05, 3.63) is 211 Å². The summed E-state index contributed by atoms with van der Waals surface area (Å²) in [5.41, 5.74) is -0.0939. The lowest BCUT2D eigenvalue weighted by atomic mass is 9.98. The largest absolute Gasteiger partial charge is 0.433 e. The van der Waals surface area contributed by atoms with Gasteiger partial charge in [0.2, 0.25) is 0 Å². The number of aromatic nitrogens is 4. The Morgan fingerprint density at radius 1 is 0.375 bits per heavy atom. The molecule has 312 valence electrons. The number of fused-ring (bicyclic) bond motifs is 2. The summed E-state index contributed by atoms with van der Waals surface area (Å²) in [5, 5.41) is 3.85. The van der Waals surface area contributed by atoms with E-state index in [0.29, 0.717) is 22.5 Å². The topological polar surface area (TPSA) is 54.8 Å². The van der Waals surface area contributed by atoms with Crippen LogP contribution in [-0.2, 0) is 12.4 Å². The first-order valence-corrected chi connectivity index (χ1v) is 22.3. The Hall–Kier alpha value is -7.70. The van der Waals surface area contributed by atoms with Crippen molar-refractivity contribution in [1.29, 1.82) is 0 Å². The van der Waals surface area contributed by atoms with Crippen LogP contribution in [0.15, 0.2) is 200 Å². The zero-order valence-electron chi connectivity index (χ0n) is 33.6. The molecule has 0 saturated heterocycles.